The van der Waals surface area contributed by atoms with Gasteiger partial charge in [0.2, 0.25) is 0 Å². The second-order valence-corrected chi connectivity index (χ2v) is 4.01. The third kappa shape index (κ3) is 4.11. The van der Waals surface area contributed by atoms with E-state index in [0.717, 1.165) is 11.0 Å². The molecule has 19 heavy (non-hydrogen) atoms. The largest absolute Gasteiger partial charge is 0.480 e. The maximum Gasteiger partial charge on any atom is 0.323 e. The van der Waals surface area contributed by atoms with E-state index in [2.05, 4.69) is 5.32 Å². The molecule has 1 aromatic rings. The van der Waals surface area contributed by atoms with E-state index >= 15 is 0 Å². The highest BCUT2D eigenvalue weighted by molar-refractivity contribution is 6.32. The van der Waals surface area contributed by atoms with Crippen LogP contribution in [0.4, 0.5) is 16.2 Å². The van der Waals surface area contributed by atoms with Gasteiger partial charge in [0.15, 0.2) is 0 Å². The van der Waals surface area contributed by atoms with Crippen LogP contribution < -0.4 is 5.32 Å². The number of nitrogens with one attached hydrogen (secondary N) is 1. The number of benzene rings is 1. The molecule has 0 bridgehead atoms. The van der Waals surface area contributed by atoms with Gasteiger partial charge in [0.05, 0.1) is 4.92 Å². The highest BCUT2D eigenvalue weighted by atomic mass is 35.5. The molecule has 2 amide bonds. The number of nitro benzene ring substituents is 1. The lowest BCUT2D eigenvalue weighted by molar-refractivity contribution is -0.384. The van der Waals surface area contributed by atoms with E-state index in [1.165, 1.54) is 19.2 Å². The highest BCUT2D eigenvalue weighted by Gasteiger charge is 2.16. The van der Waals surface area contributed by atoms with E-state index < -0.39 is 23.5 Å². The number of aliphatic carboxylic acids is 1. The summed E-state index contributed by atoms with van der Waals surface area (Å²) in [7, 11) is 1.29. The normalized spacial score (nSPS) is 9.79. The molecule has 8 nitrogen and oxygen atoms in total. The molecule has 0 aliphatic carbocycles. The molecule has 0 saturated heterocycles. The zero-order chi connectivity index (χ0) is 14.6. The number of nitrogens with zero attached hydrogens (tertiary/aromatic N) is 2. The van der Waals surface area contributed by atoms with E-state index in [1.54, 1.807) is 0 Å². The van der Waals surface area contributed by atoms with Crippen molar-refractivity contribution >= 4 is 35.0 Å². The number of anilines is 1. The molecule has 0 aromatic heterocycles. The average molecular weight is 288 g/mol. The fourth-order valence-corrected chi connectivity index (χ4v) is 1.41. The SMILES string of the molecule is CN(CC(=O)O)C(=O)Nc1ccc(Cl)c([N+](=O)[O-])c1. The van der Waals surface area contributed by atoms with Crippen molar-refractivity contribution in [1.29, 1.82) is 0 Å². The third-order valence-corrected chi connectivity index (χ3v) is 2.43. The zero-order valence-electron chi connectivity index (χ0n) is 9.79. The summed E-state index contributed by atoms with van der Waals surface area (Å²) in [5.41, 5.74) is -0.196. The fraction of sp³-hybridized carbons (Fsp3) is 0.200. The van der Waals surface area contributed by atoms with E-state index in [9.17, 15) is 19.7 Å². The first kappa shape index (κ1) is 14.7. The van der Waals surface area contributed by atoms with Gasteiger partial charge in [-0.05, 0) is 12.1 Å². The molecule has 0 aliphatic rings. The molecule has 0 heterocycles. The van der Waals surface area contributed by atoms with Crippen molar-refractivity contribution in [2.75, 3.05) is 18.9 Å². The molecule has 1 rings (SSSR count). The summed E-state index contributed by atoms with van der Waals surface area (Å²) in [6.07, 6.45) is 0. The van der Waals surface area contributed by atoms with Crippen LogP contribution in [-0.2, 0) is 4.79 Å². The van der Waals surface area contributed by atoms with Crippen LogP contribution in [-0.4, -0.2) is 40.5 Å². The summed E-state index contributed by atoms with van der Waals surface area (Å²) in [4.78, 5) is 32.9. The number of rotatable bonds is 4. The topological polar surface area (TPSA) is 113 Å². The Hall–Kier alpha value is -2.35. The van der Waals surface area contributed by atoms with E-state index in [-0.39, 0.29) is 16.4 Å². The Morgan fingerprint density at radius 3 is 2.68 bits per heavy atom. The minimum Gasteiger partial charge on any atom is -0.480 e. The zero-order valence-corrected chi connectivity index (χ0v) is 10.5. The predicted octanol–water partition coefficient (Wildman–Crippen LogP) is 1.80. The number of amides is 2. The molecule has 0 unspecified atom stereocenters. The standard InChI is InChI=1S/C10H10ClN3O5/c1-13(5-9(15)16)10(17)12-6-2-3-7(11)8(4-6)14(18)19/h2-4H,5H2,1H3,(H,12,17)(H,15,16). The van der Waals surface area contributed by atoms with Crippen LogP contribution in [0.3, 0.4) is 0 Å². The Morgan fingerprint density at radius 1 is 1.53 bits per heavy atom. The van der Waals surface area contributed by atoms with Crippen molar-refractivity contribution in [3.63, 3.8) is 0 Å². The summed E-state index contributed by atoms with van der Waals surface area (Å²) in [6.45, 7) is -0.485. The summed E-state index contributed by atoms with van der Waals surface area (Å²) >= 11 is 5.62. The lowest BCUT2D eigenvalue weighted by atomic mass is 10.3. The number of carboxylic acids is 1. The van der Waals surface area contributed by atoms with Crippen LogP contribution in [0.25, 0.3) is 0 Å². The molecular formula is C10H10ClN3O5. The summed E-state index contributed by atoms with van der Waals surface area (Å²) in [6, 6.07) is 3.04. The van der Waals surface area contributed by atoms with Gasteiger partial charge in [0, 0.05) is 18.8 Å². The van der Waals surface area contributed by atoms with Gasteiger partial charge in [0.25, 0.3) is 5.69 Å². The number of urea groups is 1. The molecule has 2 N–H and O–H groups in total. The summed E-state index contributed by atoms with van der Waals surface area (Å²) in [5.74, 6) is -1.17. The molecule has 102 valence electrons. The van der Waals surface area contributed by atoms with Crippen LogP contribution in [0.15, 0.2) is 18.2 Å². The van der Waals surface area contributed by atoms with Crippen LogP contribution in [0.5, 0.6) is 0 Å². The number of hydrogen-bond donors (Lipinski definition) is 2. The van der Waals surface area contributed by atoms with Crippen LogP contribution in [0.1, 0.15) is 0 Å². The minimum absolute atomic E-state index is 0.0538. The smallest absolute Gasteiger partial charge is 0.323 e. The molecule has 0 radical (unpaired) electrons. The Balaban J connectivity index is 2.83. The van der Waals surface area contributed by atoms with E-state index in [4.69, 9.17) is 16.7 Å². The molecule has 0 aliphatic heterocycles. The van der Waals surface area contributed by atoms with Gasteiger partial charge >= 0.3 is 12.0 Å². The number of likely N-dealkylation sites (N-methyl/N-ethyl adjacent to an activating group) is 1. The van der Waals surface area contributed by atoms with E-state index in [1.807, 2.05) is 0 Å². The molecule has 0 atom stereocenters. The first-order chi connectivity index (χ1) is 8.81. The molecule has 1 aromatic carbocycles. The Kier molecular flexibility index (Phi) is 4.65. The number of nitro groups is 1. The Morgan fingerprint density at radius 2 is 2.16 bits per heavy atom. The Bertz CT molecular complexity index is 534. The average Bonchev–Trinajstić information content (AvgIpc) is 2.30. The van der Waals surface area contributed by atoms with Gasteiger partial charge in [0.1, 0.15) is 11.6 Å². The molecule has 0 spiro atoms. The van der Waals surface area contributed by atoms with Gasteiger partial charge in [-0.15, -0.1) is 0 Å². The number of halogens is 1. The second-order valence-electron chi connectivity index (χ2n) is 3.60. The van der Waals surface area contributed by atoms with Crippen LogP contribution in [0.2, 0.25) is 5.02 Å². The minimum atomic E-state index is -1.17. The third-order valence-electron chi connectivity index (χ3n) is 2.11. The summed E-state index contributed by atoms with van der Waals surface area (Å²) < 4.78 is 0. The van der Waals surface area contributed by atoms with Crippen molar-refractivity contribution in [1.82, 2.24) is 4.90 Å². The molecule has 0 saturated carbocycles. The van der Waals surface area contributed by atoms with Gasteiger partial charge in [-0.3, -0.25) is 14.9 Å². The van der Waals surface area contributed by atoms with Crippen molar-refractivity contribution in [3.05, 3.63) is 33.3 Å². The lowest BCUT2D eigenvalue weighted by Gasteiger charge is -2.15. The maximum absolute atomic E-state index is 11.6. The van der Waals surface area contributed by atoms with Crippen molar-refractivity contribution in [2.24, 2.45) is 0 Å². The number of hydrogen-bond acceptors (Lipinski definition) is 4. The number of carbonyl (C=O) groups excluding carboxylic acids is 1. The van der Waals surface area contributed by atoms with Crippen molar-refractivity contribution in [3.8, 4) is 0 Å². The fourth-order valence-electron chi connectivity index (χ4n) is 1.22. The van der Waals surface area contributed by atoms with Crippen LogP contribution in [0, 0.1) is 10.1 Å². The first-order valence-electron chi connectivity index (χ1n) is 4.99. The van der Waals surface area contributed by atoms with E-state index in [0.29, 0.717) is 0 Å². The first-order valence-corrected chi connectivity index (χ1v) is 5.37. The quantitative estimate of drug-likeness (QED) is 0.647. The molecule has 0 fully saturated rings. The van der Waals surface area contributed by atoms with Gasteiger partial charge in [-0.25, -0.2) is 4.79 Å². The Labute approximate surface area is 112 Å². The number of carbonyl (C=O) groups is 2. The molecular weight excluding hydrogens is 278 g/mol. The maximum atomic E-state index is 11.6. The van der Waals surface area contributed by atoms with Gasteiger partial charge < -0.3 is 15.3 Å². The van der Waals surface area contributed by atoms with Gasteiger partial charge in [-0.1, -0.05) is 11.6 Å². The van der Waals surface area contributed by atoms with Gasteiger partial charge in [-0.2, -0.15) is 0 Å². The number of carboxylic acid groups (broad SMARTS) is 1. The second kappa shape index (κ2) is 6.01. The summed E-state index contributed by atoms with van der Waals surface area (Å²) in [5, 5.41) is 21.5. The van der Waals surface area contributed by atoms with Crippen molar-refractivity contribution in [2.45, 2.75) is 0 Å². The van der Waals surface area contributed by atoms with Crippen LogP contribution >= 0.6 is 11.6 Å². The highest BCUT2D eigenvalue weighted by Crippen LogP contribution is 2.27. The predicted molar refractivity (Wildman–Crippen MR) is 67.4 cm³/mol. The lowest BCUT2D eigenvalue weighted by Crippen LogP contribution is -2.35. The molecule has 9 heteroatoms. The van der Waals surface area contributed by atoms with Crippen molar-refractivity contribution < 1.29 is 19.6 Å². The monoisotopic (exact) mass is 287 g/mol.